The van der Waals surface area contributed by atoms with Crippen LogP contribution in [0.5, 0.6) is 5.75 Å². The molecule has 1 N–H and O–H groups in total. The number of methoxy groups -OCH3 is 1. The predicted molar refractivity (Wildman–Crippen MR) is 70.9 cm³/mol. The summed E-state index contributed by atoms with van der Waals surface area (Å²) in [4.78, 5) is 1.75. The van der Waals surface area contributed by atoms with Crippen LogP contribution in [-0.4, -0.2) is 40.4 Å². The molecule has 19 heavy (non-hydrogen) atoms. The summed E-state index contributed by atoms with van der Waals surface area (Å²) in [7, 11) is 1.65. The molecule has 0 spiro atoms. The van der Waals surface area contributed by atoms with E-state index in [1.165, 1.54) is 0 Å². The van der Waals surface area contributed by atoms with E-state index in [-0.39, 0.29) is 0 Å². The van der Waals surface area contributed by atoms with Gasteiger partial charge in [0.1, 0.15) is 5.75 Å². The molecule has 1 aliphatic heterocycles. The Labute approximate surface area is 111 Å². The molecule has 2 aromatic rings. The highest BCUT2D eigenvalue weighted by Gasteiger charge is 2.18. The van der Waals surface area contributed by atoms with Gasteiger partial charge in [0.15, 0.2) is 0 Å². The second kappa shape index (κ2) is 5.36. The molecule has 1 saturated heterocycles. The molecule has 0 atom stereocenters. The maximum atomic E-state index is 5.21. The first-order valence-electron chi connectivity index (χ1n) is 6.51. The van der Waals surface area contributed by atoms with Crippen molar-refractivity contribution >= 4 is 0 Å². The van der Waals surface area contributed by atoms with Crippen LogP contribution in [0.3, 0.4) is 0 Å². The van der Waals surface area contributed by atoms with E-state index in [0.717, 1.165) is 37.2 Å². The Hall–Kier alpha value is -1.95. The quantitative estimate of drug-likeness (QED) is 0.899. The zero-order chi connectivity index (χ0) is 13.1. The largest absolute Gasteiger partial charge is 0.497 e. The van der Waals surface area contributed by atoms with E-state index in [1.807, 2.05) is 24.3 Å². The number of piperidine rings is 1. The minimum absolute atomic E-state index is 0.355. The van der Waals surface area contributed by atoms with Crippen molar-refractivity contribution in [2.75, 3.05) is 20.2 Å². The lowest BCUT2D eigenvalue weighted by molar-refractivity contribution is 0.309. The number of benzene rings is 1. The van der Waals surface area contributed by atoms with E-state index in [2.05, 4.69) is 20.7 Å². The Morgan fingerprint density at radius 1 is 1.32 bits per heavy atom. The Morgan fingerprint density at radius 2 is 2.16 bits per heavy atom. The van der Waals surface area contributed by atoms with Gasteiger partial charge in [-0.3, -0.25) is 0 Å². The first-order valence-corrected chi connectivity index (χ1v) is 6.51. The van der Waals surface area contributed by atoms with E-state index >= 15 is 0 Å². The predicted octanol–water partition coefficient (Wildman–Crippen LogP) is 1.27. The Bertz CT molecular complexity index is 547. The fraction of sp³-hybridized carbons (Fsp3) is 0.462. The zero-order valence-corrected chi connectivity index (χ0v) is 10.9. The number of ether oxygens (including phenoxy) is 1. The second-order valence-electron chi connectivity index (χ2n) is 4.65. The average Bonchev–Trinajstić information content (AvgIpc) is 2.98. The fourth-order valence-corrected chi connectivity index (χ4v) is 2.30. The fourth-order valence-electron chi connectivity index (χ4n) is 2.30. The van der Waals surface area contributed by atoms with Gasteiger partial charge in [-0.1, -0.05) is 12.1 Å². The van der Waals surface area contributed by atoms with Crippen molar-refractivity contribution in [2.24, 2.45) is 0 Å². The molecule has 1 fully saturated rings. The smallest absolute Gasteiger partial charge is 0.205 e. The molecular weight excluding hydrogens is 242 g/mol. The molecular formula is C13H17N5O. The monoisotopic (exact) mass is 259 g/mol. The molecule has 2 heterocycles. The van der Waals surface area contributed by atoms with Gasteiger partial charge in [-0.25, -0.2) is 0 Å². The highest BCUT2D eigenvalue weighted by Crippen LogP contribution is 2.22. The normalized spacial score (nSPS) is 16.5. The van der Waals surface area contributed by atoms with E-state index in [1.54, 1.807) is 11.9 Å². The third-order valence-electron chi connectivity index (χ3n) is 3.39. The van der Waals surface area contributed by atoms with Crippen LogP contribution in [0.15, 0.2) is 24.3 Å². The van der Waals surface area contributed by atoms with Crippen molar-refractivity contribution in [2.45, 2.75) is 18.9 Å². The van der Waals surface area contributed by atoms with E-state index < -0.39 is 0 Å². The van der Waals surface area contributed by atoms with Crippen LogP contribution in [0.1, 0.15) is 18.9 Å². The van der Waals surface area contributed by atoms with Crippen LogP contribution in [0.2, 0.25) is 0 Å². The van der Waals surface area contributed by atoms with Gasteiger partial charge in [0.2, 0.25) is 5.82 Å². The zero-order valence-electron chi connectivity index (χ0n) is 10.9. The summed E-state index contributed by atoms with van der Waals surface area (Å²) < 4.78 is 5.21. The van der Waals surface area contributed by atoms with Gasteiger partial charge in [-0.2, -0.15) is 4.80 Å². The summed E-state index contributed by atoms with van der Waals surface area (Å²) in [5.74, 6) is 1.45. The first-order chi connectivity index (χ1) is 9.36. The maximum Gasteiger partial charge on any atom is 0.205 e. The maximum absolute atomic E-state index is 5.21. The minimum atomic E-state index is 0.355. The summed E-state index contributed by atoms with van der Waals surface area (Å²) in [6, 6.07) is 8.07. The number of hydrogen-bond donors (Lipinski definition) is 1. The summed E-state index contributed by atoms with van der Waals surface area (Å²) in [6.45, 7) is 2.03. The molecule has 1 aromatic heterocycles. The number of rotatable bonds is 3. The Morgan fingerprint density at radius 3 is 2.95 bits per heavy atom. The van der Waals surface area contributed by atoms with Gasteiger partial charge in [0.05, 0.1) is 13.2 Å². The highest BCUT2D eigenvalue weighted by molar-refractivity contribution is 5.56. The van der Waals surface area contributed by atoms with Gasteiger partial charge in [0.25, 0.3) is 0 Å². The molecule has 0 aliphatic carbocycles. The number of nitrogens with zero attached hydrogens (tertiary/aromatic N) is 4. The molecule has 0 unspecified atom stereocenters. The number of tetrazole rings is 1. The van der Waals surface area contributed by atoms with E-state index in [9.17, 15) is 0 Å². The number of nitrogens with one attached hydrogen (secondary N) is 1. The van der Waals surface area contributed by atoms with Gasteiger partial charge >= 0.3 is 0 Å². The summed E-state index contributed by atoms with van der Waals surface area (Å²) in [5.41, 5.74) is 0.930. The standard InChI is InChI=1S/C13H17N5O/c1-19-12-4-2-3-10(9-12)13-15-17-18(16-13)11-5-7-14-8-6-11/h2-4,9,11,14H,5-8H2,1H3. The summed E-state index contributed by atoms with van der Waals surface area (Å²) in [5, 5.41) is 16.1. The third kappa shape index (κ3) is 2.58. The number of hydrogen-bond acceptors (Lipinski definition) is 5. The molecule has 100 valence electrons. The Balaban J connectivity index is 1.83. The third-order valence-corrected chi connectivity index (χ3v) is 3.39. The van der Waals surface area contributed by atoms with Gasteiger partial charge in [-0.15, -0.1) is 10.2 Å². The van der Waals surface area contributed by atoms with Crippen LogP contribution in [0.4, 0.5) is 0 Å². The summed E-state index contributed by atoms with van der Waals surface area (Å²) in [6.07, 6.45) is 2.10. The Kier molecular flexibility index (Phi) is 3.41. The van der Waals surface area contributed by atoms with Crippen LogP contribution in [0, 0.1) is 0 Å². The molecule has 0 bridgehead atoms. The molecule has 1 aromatic carbocycles. The van der Waals surface area contributed by atoms with Crippen molar-refractivity contribution in [3.05, 3.63) is 24.3 Å². The van der Waals surface area contributed by atoms with Gasteiger partial charge in [-0.05, 0) is 43.3 Å². The van der Waals surface area contributed by atoms with Crippen LogP contribution in [-0.2, 0) is 0 Å². The molecule has 0 radical (unpaired) electrons. The lowest BCUT2D eigenvalue weighted by atomic mass is 10.1. The van der Waals surface area contributed by atoms with Crippen LogP contribution in [0.25, 0.3) is 11.4 Å². The topological polar surface area (TPSA) is 64.9 Å². The molecule has 6 heteroatoms. The van der Waals surface area contributed by atoms with Crippen LogP contribution >= 0.6 is 0 Å². The summed E-state index contributed by atoms with van der Waals surface area (Å²) >= 11 is 0. The minimum Gasteiger partial charge on any atom is -0.497 e. The average molecular weight is 259 g/mol. The number of aromatic nitrogens is 4. The molecule has 0 amide bonds. The molecule has 0 saturated carbocycles. The van der Waals surface area contributed by atoms with Crippen molar-refractivity contribution in [3.63, 3.8) is 0 Å². The van der Waals surface area contributed by atoms with Gasteiger partial charge < -0.3 is 10.1 Å². The van der Waals surface area contributed by atoms with E-state index in [0.29, 0.717) is 11.9 Å². The van der Waals surface area contributed by atoms with E-state index in [4.69, 9.17) is 4.74 Å². The molecule has 1 aliphatic rings. The van der Waals surface area contributed by atoms with Crippen molar-refractivity contribution in [1.82, 2.24) is 25.5 Å². The van der Waals surface area contributed by atoms with Crippen molar-refractivity contribution in [1.29, 1.82) is 0 Å². The lowest BCUT2D eigenvalue weighted by Crippen LogP contribution is -2.30. The SMILES string of the molecule is COc1cccc(-c2nnn(C3CCNCC3)n2)c1. The lowest BCUT2D eigenvalue weighted by Gasteiger charge is -2.20. The second-order valence-corrected chi connectivity index (χ2v) is 4.65. The molecule has 3 rings (SSSR count). The first kappa shape index (κ1) is 12.1. The highest BCUT2D eigenvalue weighted by atomic mass is 16.5. The van der Waals surface area contributed by atoms with Gasteiger partial charge in [0, 0.05) is 5.56 Å². The van der Waals surface area contributed by atoms with Crippen molar-refractivity contribution in [3.8, 4) is 17.1 Å². The molecule has 6 nitrogen and oxygen atoms in total. The van der Waals surface area contributed by atoms with Crippen LogP contribution < -0.4 is 10.1 Å². The van der Waals surface area contributed by atoms with Crippen molar-refractivity contribution < 1.29 is 4.74 Å².